The summed E-state index contributed by atoms with van der Waals surface area (Å²) in [5.74, 6) is 1.94. The van der Waals surface area contributed by atoms with Crippen molar-refractivity contribution < 1.29 is 19.0 Å². The lowest BCUT2D eigenvalue weighted by Crippen LogP contribution is -2.30. The van der Waals surface area contributed by atoms with Gasteiger partial charge >= 0.3 is 0 Å². The number of rotatable bonds is 8. The number of nitrogens with one attached hydrogen (secondary N) is 1. The lowest BCUT2D eigenvalue weighted by Gasteiger charge is -2.11. The lowest BCUT2D eigenvalue weighted by atomic mass is 10.1. The van der Waals surface area contributed by atoms with Crippen molar-refractivity contribution in [2.45, 2.75) is 20.3 Å². The first-order chi connectivity index (χ1) is 12.0. The minimum absolute atomic E-state index is 0.00837. The van der Waals surface area contributed by atoms with E-state index in [1.54, 1.807) is 14.2 Å². The molecule has 1 N–H and O–H groups in total. The number of benzene rings is 2. The van der Waals surface area contributed by atoms with E-state index >= 15 is 0 Å². The van der Waals surface area contributed by atoms with Gasteiger partial charge in [0, 0.05) is 6.54 Å². The second-order valence-electron chi connectivity index (χ2n) is 5.82. The van der Waals surface area contributed by atoms with Crippen molar-refractivity contribution in [3.05, 3.63) is 53.1 Å². The van der Waals surface area contributed by atoms with Crippen molar-refractivity contribution in [3.8, 4) is 17.2 Å². The minimum atomic E-state index is -0.140. The van der Waals surface area contributed by atoms with Crippen LogP contribution >= 0.6 is 0 Å². The Morgan fingerprint density at radius 1 is 0.960 bits per heavy atom. The summed E-state index contributed by atoms with van der Waals surface area (Å²) in [6, 6.07) is 11.5. The first-order valence-corrected chi connectivity index (χ1v) is 8.21. The molecule has 0 radical (unpaired) electrons. The van der Waals surface area contributed by atoms with E-state index in [-0.39, 0.29) is 12.5 Å². The van der Waals surface area contributed by atoms with Gasteiger partial charge in [-0.2, -0.15) is 0 Å². The highest BCUT2D eigenvalue weighted by atomic mass is 16.5. The van der Waals surface area contributed by atoms with E-state index in [4.69, 9.17) is 14.2 Å². The standard InChI is InChI=1S/C20H25NO4/c1-14-5-7-17(11-15(14)2)25-13-20(22)21-10-9-16-6-8-18(23-3)19(12-16)24-4/h5-8,11-12H,9-10,13H2,1-4H3,(H,21,22). The zero-order valence-electron chi connectivity index (χ0n) is 15.2. The maximum absolute atomic E-state index is 11.9. The molecule has 25 heavy (non-hydrogen) atoms. The molecule has 0 aliphatic heterocycles. The molecular formula is C20H25NO4. The lowest BCUT2D eigenvalue weighted by molar-refractivity contribution is -0.123. The van der Waals surface area contributed by atoms with Gasteiger partial charge < -0.3 is 19.5 Å². The third-order valence-corrected chi connectivity index (χ3v) is 4.03. The van der Waals surface area contributed by atoms with E-state index in [0.717, 1.165) is 11.1 Å². The number of carbonyl (C=O) groups is 1. The Labute approximate surface area is 148 Å². The third-order valence-electron chi connectivity index (χ3n) is 4.03. The summed E-state index contributed by atoms with van der Waals surface area (Å²) in [7, 11) is 3.21. The van der Waals surface area contributed by atoms with Crippen LogP contribution in [0.1, 0.15) is 16.7 Å². The second kappa shape index (κ2) is 8.97. The highest BCUT2D eigenvalue weighted by Gasteiger charge is 2.06. The highest BCUT2D eigenvalue weighted by molar-refractivity contribution is 5.77. The van der Waals surface area contributed by atoms with Gasteiger partial charge in [-0.05, 0) is 61.2 Å². The maximum atomic E-state index is 11.9. The van der Waals surface area contributed by atoms with Gasteiger partial charge in [-0.1, -0.05) is 12.1 Å². The number of hydrogen-bond acceptors (Lipinski definition) is 4. The van der Waals surface area contributed by atoms with Crippen LogP contribution < -0.4 is 19.5 Å². The van der Waals surface area contributed by atoms with Gasteiger partial charge in [-0.3, -0.25) is 4.79 Å². The highest BCUT2D eigenvalue weighted by Crippen LogP contribution is 2.27. The molecule has 0 atom stereocenters. The summed E-state index contributed by atoms with van der Waals surface area (Å²) >= 11 is 0. The van der Waals surface area contributed by atoms with E-state index in [1.807, 2.05) is 50.2 Å². The Hall–Kier alpha value is -2.69. The fourth-order valence-corrected chi connectivity index (χ4v) is 2.39. The minimum Gasteiger partial charge on any atom is -0.493 e. The van der Waals surface area contributed by atoms with E-state index in [0.29, 0.717) is 30.2 Å². The summed E-state index contributed by atoms with van der Waals surface area (Å²) in [5, 5.41) is 2.86. The summed E-state index contributed by atoms with van der Waals surface area (Å²) in [6.45, 7) is 4.60. The normalized spacial score (nSPS) is 10.2. The van der Waals surface area contributed by atoms with E-state index in [2.05, 4.69) is 5.32 Å². The molecule has 0 aliphatic carbocycles. The molecule has 0 fully saturated rings. The zero-order chi connectivity index (χ0) is 18.2. The number of methoxy groups -OCH3 is 2. The number of hydrogen-bond donors (Lipinski definition) is 1. The first-order valence-electron chi connectivity index (χ1n) is 8.21. The maximum Gasteiger partial charge on any atom is 0.257 e. The molecule has 2 aromatic carbocycles. The number of carbonyl (C=O) groups excluding carboxylic acids is 1. The molecule has 134 valence electrons. The van der Waals surface area contributed by atoms with Crippen LogP contribution in [0.3, 0.4) is 0 Å². The summed E-state index contributed by atoms with van der Waals surface area (Å²) in [4.78, 5) is 11.9. The predicted octanol–water partition coefficient (Wildman–Crippen LogP) is 3.06. The fraction of sp³-hybridized carbons (Fsp3) is 0.350. The van der Waals surface area contributed by atoms with Crippen LogP contribution in [0.15, 0.2) is 36.4 Å². The van der Waals surface area contributed by atoms with Crippen molar-refractivity contribution in [1.82, 2.24) is 5.32 Å². The first kappa shape index (κ1) is 18.6. The molecule has 0 bridgehead atoms. The monoisotopic (exact) mass is 343 g/mol. The Morgan fingerprint density at radius 3 is 2.40 bits per heavy atom. The summed E-state index contributed by atoms with van der Waals surface area (Å²) in [6.07, 6.45) is 0.704. The molecule has 0 saturated carbocycles. The summed E-state index contributed by atoms with van der Waals surface area (Å²) in [5.41, 5.74) is 3.41. The van der Waals surface area contributed by atoms with Crippen molar-refractivity contribution >= 4 is 5.91 Å². The largest absolute Gasteiger partial charge is 0.493 e. The smallest absolute Gasteiger partial charge is 0.257 e. The number of aryl methyl sites for hydroxylation is 2. The van der Waals surface area contributed by atoms with Gasteiger partial charge in [0.1, 0.15) is 5.75 Å². The van der Waals surface area contributed by atoms with Crippen molar-refractivity contribution in [3.63, 3.8) is 0 Å². The number of ether oxygens (including phenoxy) is 3. The molecule has 5 heteroatoms. The fourth-order valence-electron chi connectivity index (χ4n) is 2.39. The quantitative estimate of drug-likeness (QED) is 0.800. The Balaban J connectivity index is 1.77. The Kier molecular flexibility index (Phi) is 6.69. The molecule has 0 aromatic heterocycles. The van der Waals surface area contributed by atoms with Gasteiger partial charge in [0.25, 0.3) is 5.91 Å². The average Bonchev–Trinajstić information content (AvgIpc) is 2.62. The third kappa shape index (κ3) is 5.41. The Morgan fingerprint density at radius 2 is 1.72 bits per heavy atom. The van der Waals surface area contributed by atoms with Crippen molar-refractivity contribution in [2.24, 2.45) is 0 Å². The van der Waals surface area contributed by atoms with Gasteiger partial charge in [-0.15, -0.1) is 0 Å². The molecule has 1 amide bonds. The average molecular weight is 343 g/mol. The van der Waals surface area contributed by atoms with Crippen molar-refractivity contribution in [2.75, 3.05) is 27.4 Å². The van der Waals surface area contributed by atoms with Crippen LogP contribution in [0.5, 0.6) is 17.2 Å². The molecule has 0 unspecified atom stereocenters. The Bertz CT molecular complexity index is 728. The molecule has 2 rings (SSSR count). The van der Waals surface area contributed by atoms with E-state index in [9.17, 15) is 4.79 Å². The van der Waals surface area contributed by atoms with Crippen molar-refractivity contribution in [1.29, 1.82) is 0 Å². The van der Waals surface area contributed by atoms with Crippen LogP contribution in [-0.2, 0) is 11.2 Å². The van der Waals surface area contributed by atoms with Gasteiger partial charge in [0.15, 0.2) is 18.1 Å². The van der Waals surface area contributed by atoms with Crippen LogP contribution in [0.4, 0.5) is 0 Å². The summed E-state index contributed by atoms with van der Waals surface area (Å²) < 4.78 is 16.0. The topological polar surface area (TPSA) is 56.8 Å². The van der Waals surface area contributed by atoms with E-state index in [1.165, 1.54) is 5.56 Å². The van der Waals surface area contributed by atoms with Crippen LogP contribution in [0.2, 0.25) is 0 Å². The zero-order valence-corrected chi connectivity index (χ0v) is 15.2. The molecule has 0 aliphatic rings. The molecular weight excluding hydrogens is 318 g/mol. The van der Waals surface area contributed by atoms with Crippen LogP contribution in [0, 0.1) is 13.8 Å². The second-order valence-corrected chi connectivity index (χ2v) is 5.82. The predicted molar refractivity (Wildman–Crippen MR) is 97.7 cm³/mol. The van der Waals surface area contributed by atoms with Crippen LogP contribution in [0.25, 0.3) is 0 Å². The van der Waals surface area contributed by atoms with Gasteiger partial charge in [0.2, 0.25) is 0 Å². The van der Waals surface area contributed by atoms with Gasteiger partial charge in [-0.25, -0.2) is 0 Å². The molecule has 0 spiro atoms. The van der Waals surface area contributed by atoms with Gasteiger partial charge in [0.05, 0.1) is 14.2 Å². The SMILES string of the molecule is COc1ccc(CCNC(=O)COc2ccc(C)c(C)c2)cc1OC. The molecule has 0 heterocycles. The van der Waals surface area contributed by atoms with E-state index < -0.39 is 0 Å². The molecule has 2 aromatic rings. The molecule has 0 saturated heterocycles. The van der Waals surface area contributed by atoms with Crippen LogP contribution in [-0.4, -0.2) is 33.3 Å². The number of amides is 1. The molecule has 5 nitrogen and oxygen atoms in total.